The zero-order valence-electron chi connectivity index (χ0n) is 18.7. The predicted octanol–water partition coefficient (Wildman–Crippen LogP) is 3.18. The van der Waals surface area contributed by atoms with E-state index in [1.54, 1.807) is 7.11 Å². The van der Waals surface area contributed by atoms with Gasteiger partial charge in [0.25, 0.3) is 0 Å². The van der Waals surface area contributed by atoms with E-state index in [-0.39, 0.29) is 18.2 Å². The van der Waals surface area contributed by atoms with Crippen LogP contribution in [0.25, 0.3) is 10.9 Å². The van der Waals surface area contributed by atoms with Crippen LogP contribution < -0.4 is 10.1 Å². The van der Waals surface area contributed by atoms with Gasteiger partial charge in [-0.15, -0.1) is 0 Å². The van der Waals surface area contributed by atoms with Crippen molar-refractivity contribution in [3.63, 3.8) is 0 Å². The molecule has 1 amide bonds. The first kappa shape index (κ1) is 21.8. The highest BCUT2D eigenvalue weighted by Gasteiger charge is 2.29. The summed E-state index contributed by atoms with van der Waals surface area (Å²) in [5.41, 5.74) is 4.43. The second-order valence-electron chi connectivity index (χ2n) is 8.47. The van der Waals surface area contributed by atoms with Gasteiger partial charge in [0.15, 0.2) is 6.29 Å². The van der Waals surface area contributed by atoms with Gasteiger partial charge in [-0.05, 0) is 47.4 Å². The van der Waals surface area contributed by atoms with E-state index < -0.39 is 6.10 Å². The standard InChI is InChI=1S/C26H28N2O5/c1-30-21-7-8-23-22(13-21)17(10-11-27-23)6-9-25-32-15-20(16-33-25)28-26(29)24-12-18-4-2-3-5-19(18)14-31-24/h2-5,7-8,10-11,13,20,24-25H,6,9,12,14-16H2,1H3,(H,28,29). The molecular weight excluding hydrogens is 420 g/mol. The lowest BCUT2D eigenvalue weighted by Crippen LogP contribution is -2.51. The van der Waals surface area contributed by atoms with E-state index in [1.807, 2.05) is 48.7 Å². The van der Waals surface area contributed by atoms with Gasteiger partial charge in [-0.25, -0.2) is 0 Å². The monoisotopic (exact) mass is 448 g/mol. The number of rotatable bonds is 6. The van der Waals surface area contributed by atoms with Crippen LogP contribution in [0.2, 0.25) is 0 Å². The normalized spacial score (nSPS) is 22.5. The molecule has 1 N–H and O–H groups in total. The summed E-state index contributed by atoms with van der Waals surface area (Å²) >= 11 is 0. The van der Waals surface area contributed by atoms with Crippen molar-refractivity contribution in [3.8, 4) is 5.75 Å². The maximum absolute atomic E-state index is 12.7. The maximum Gasteiger partial charge on any atom is 0.249 e. The van der Waals surface area contributed by atoms with Gasteiger partial charge in [0.1, 0.15) is 11.9 Å². The van der Waals surface area contributed by atoms with Gasteiger partial charge in [-0.3, -0.25) is 9.78 Å². The number of carbonyl (C=O) groups is 1. The molecule has 7 heteroatoms. The zero-order valence-corrected chi connectivity index (χ0v) is 18.7. The molecule has 2 aliphatic heterocycles. The Balaban J connectivity index is 1.11. The number of fused-ring (bicyclic) bond motifs is 2. The van der Waals surface area contributed by atoms with Gasteiger partial charge in [0, 0.05) is 24.4 Å². The summed E-state index contributed by atoms with van der Waals surface area (Å²) in [4.78, 5) is 17.1. The molecule has 2 aliphatic rings. The van der Waals surface area contributed by atoms with Gasteiger partial charge >= 0.3 is 0 Å². The van der Waals surface area contributed by atoms with Gasteiger partial charge in [0.05, 0.1) is 38.5 Å². The lowest BCUT2D eigenvalue weighted by molar-refractivity contribution is -0.193. The van der Waals surface area contributed by atoms with Crippen molar-refractivity contribution in [3.05, 3.63) is 71.4 Å². The van der Waals surface area contributed by atoms with Gasteiger partial charge in [0.2, 0.25) is 5.91 Å². The fourth-order valence-electron chi connectivity index (χ4n) is 4.40. The van der Waals surface area contributed by atoms with Gasteiger partial charge < -0.3 is 24.3 Å². The fourth-order valence-corrected chi connectivity index (χ4v) is 4.40. The van der Waals surface area contributed by atoms with E-state index in [9.17, 15) is 4.79 Å². The van der Waals surface area contributed by atoms with Crippen molar-refractivity contribution in [2.45, 2.75) is 44.3 Å². The number of hydrogen-bond donors (Lipinski definition) is 1. The molecule has 2 aromatic carbocycles. The van der Waals surface area contributed by atoms with Crippen molar-refractivity contribution < 1.29 is 23.7 Å². The number of methoxy groups -OCH3 is 1. The number of aryl methyl sites for hydroxylation is 1. The van der Waals surface area contributed by atoms with E-state index >= 15 is 0 Å². The summed E-state index contributed by atoms with van der Waals surface area (Å²) < 4.78 is 22.9. The second kappa shape index (κ2) is 9.87. The molecule has 3 aromatic rings. The lowest BCUT2D eigenvalue weighted by Gasteiger charge is -2.32. The van der Waals surface area contributed by atoms with Crippen LogP contribution in [0.1, 0.15) is 23.1 Å². The highest BCUT2D eigenvalue weighted by atomic mass is 16.7. The van der Waals surface area contributed by atoms with Gasteiger partial charge in [-0.1, -0.05) is 24.3 Å². The first-order valence-electron chi connectivity index (χ1n) is 11.3. The van der Waals surface area contributed by atoms with Crippen molar-refractivity contribution >= 4 is 16.8 Å². The Kier molecular flexibility index (Phi) is 6.53. The van der Waals surface area contributed by atoms with Crippen LogP contribution in [0.4, 0.5) is 0 Å². The Bertz CT molecular complexity index is 1130. The zero-order chi connectivity index (χ0) is 22.6. The molecule has 1 atom stereocenters. The highest BCUT2D eigenvalue weighted by Crippen LogP contribution is 2.25. The molecule has 1 fully saturated rings. The molecule has 0 bridgehead atoms. The summed E-state index contributed by atoms with van der Waals surface area (Å²) in [5, 5.41) is 4.09. The Morgan fingerprint density at radius 1 is 1.09 bits per heavy atom. The minimum absolute atomic E-state index is 0.114. The molecule has 3 heterocycles. The summed E-state index contributed by atoms with van der Waals surface area (Å²) in [6.07, 6.45) is 3.15. The van der Waals surface area contributed by atoms with Gasteiger partial charge in [-0.2, -0.15) is 0 Å². The predicted molar refractivity (Wildman–Crippen MR) is 123 cm³/mol. The van der Waals surface area contributed by atoms with Crippen LogP contribution in [-0.2, 0) is 38.5 Å². The average molecular weight is 449 g/mol. The molecule has 0 radical (unpaired) electrons. The first-order valence-corrected chi connectivity index (χ1v) is 11.3. The molecule has 1 aromatic heterocycles. The van der Waals surface area contributed by atoms with E-state index in [0.717, 1.165) is 35.1 Å². The van der Waals surface area contributed by atoms with E-state index in [4.69, 9.17) is 18.9 Å². The van der Waals surface area contributed by atoms with Crippen LogP contribution in [0, 0.1) is 0 Å². The quantitative estimate of drug-likeness (QED) is 0.624. The van der Waals surface area contributed by atoms with Crippen LogP contribution >= 0.6 is 0 Å². The molecule has 172 valence electrons. The van der Waals surface area contributed by atoms with Crippen LogP contribution in [0.5, 0.6) is 5.75 Å². The number of aromatic nitrogens is 1. The van der Waals surface area contributed by atoms with Crippen molar-refractivity contribution in [2.75, 3.05) is 20.3 Å². The number of benzene rings is 2. The average Bonchev–Trinajstić information content (AvgIpc) is 2.87. The number of nitrogens with zero attached hydrogens (tertiary/aromatic N) is 1. The molecule has 1 unspecified atom stereocenters. The van der Waals surface area contributed by atoms with Crippen molar-refractivity contribution in [2.24, 2.45) is 0 Å². The minimum atomic E-state index is -0.477. The molecule has 0 spiro atoms. The van der Waals surface area contributed by atoms with Crippen LogP contribution in [0.15, 0.2) is 54.7 Å². The largest absolute Gasteiger partial charge is 0.497 e. The number of nitrogens with one attached hydrogen (secondary N) is 1. The topological polar surface area (TPSA) is 78.9 Å². The lowest BCUT2D eigenvalue weighted by atomic mass is 9.99. The number of pyridine rings is 1. The van der Waals surface area contributed by atoms with E-state index in [1.165, 1.54) is 11.1 Å². The maximum atomic E-state index is 12.7. The molecule has 7 nitrogen and oxygen atoms in total. The smallest absolute Gasteiger partial charge is 0.249 e. The third-order valence-corrected chi connectivity index (χ3v) is 6.26. The number of hydrogen-bond acceptors (Lipinski definition) is 6. The third-order valence-electron chi connectivity index (χ3n) is 6.26. The molecule has 33 heavy (non-hydrogen) atoms. The van der Waals surface area contributed by atoms with Crippen molar-refractivity contribution in [1.29, 1.82) is 0 Å². The van der Waals surface area contributed by atoms with Crippen LogP contribution in [0.3, 0.4) is 0 Å². The summed E-state index contributed by atoms with van der Waals surface area (Å²) in [7, 11) is 1.66. The van der Waals surface area contributed by atoms with Crippen molar-refractivity contribution in [1.82, 2.24) is 10.3 Å². The minimum Gasteiger partial charge on any atom is -0.497 e. The third kappa shape index (κ3) is 5.00. The summed E-state index contributed by atoms with van der Waals surface area (Å²) in [5.74, 6) is 0.697. The molecular formula is C26H28N2O5. The Hall–Kier alpha value is -3.00. The molecule has 1 saturated heterocycles. The second-order valence-corrected chi connectivity index (χ2v) is 8.47. The highest BCUT2D eigenvalue weighted by molar-refractivity contribution is 5.83. The number of amides is 1. The Morgan fingerprint density at radius 2 is 1.91 bits per heavy atom. The summed E-state index contributed by atoms with van der Waals surface area (Å²) in [6.45, 7) is 1.30. The summed E-state index contributed by atoms with van der Waals surface area (Å²) in [6, 6.07) is 15.8. The Morgan fingerprint density at radius 3 is 2.73 bits per heavy atom. The van der Waals surface area contributed by atoms with E-state index in [0.29, 0.717) is 26.2 Å². The fraction of sp³-hybridized carbons (Fsp3) is 0.385. The molecule has 0 saturated carbocycles. The SMILES string of the molecule is COc1ccc2nccc(CCC3OCC(NC(=O)C4Cc5ccccc5CO4)CO3)c2c1. The number of carbonyl (C=O) groups excluding carboxylic acids is 1. The Labute approximate surface area is 193 Å². The van der Waals surface area contributed by atoms with Crippen LogP contribution in [-0.4, -0.2) is 49.7 Å². The molecule has 0 aliphatic carbocycles. The first-order chi connectivity index (χ1) is 16.2. The molecule has 5 rings (SSSR count). The van der Waals surface area contributed by atoms with E-state index in [2.05, 4.69) is 16.4 Å². The number of ether oxygens (including phenoxy) is 4.